The number of hydrogen-bond acceptors (Lipinski definition) is 3. The molecule has 0 heterocycles. The molecule has 0 saturated heterocycles. The van der Waals surface area contributed by atoms with Crippen LogP contribution in [0.4, 0.5) is 4.79 Å². The zero-order chi connectivity index (χ0) is 13.3. The van der Waals surface area contributed by atoms with Crippen LogP contribution < -0.4 is 9.44 Å². The highest BCUT2D eigenvalue weighted by Gasteiger charge is 2.29. The van der Waals surface area contributed by atoms with E-state index in [9.17, 15) is 13.2 Å². The smallest absolute Gasteiger partial charge is 0.419 e. The van der Waals surface area contributed by atoms with Crippen LogP contribution >= 0.6 is 11.6 Å². The maximum Gasteiger partial charge on any atom is 0.419 e. The van der Waals surface area contributed by atoms with E-state index in [1.54, 1.807) is 12.1 Å². The van der Waals surface area contributed by atoms with E-state index in [0.717, 1.165) is 11.1 Å². The Balaban J connectivity index is 2.23. The van der Waals surface area contributed by atoms with Gasteiger partial charge in [0.2, 0.25) is 0 Å². The number of nitrogens with one attached hydrogen (secondary N) is 2. The summed E-state index contributed by atoms with van der Waals surface area (Å²) in [5, 5.41) is 8.90. The molecule has 18 heavy (non-hydrogen) atoms. The van der Waals surface area contributed by atoms with E-state index >= 15 is 0 Å². The van der Waals surface area contributed by atoms with Crippen molar-refractivity contribution in [2.75, 3.05) is 0 Å². The zero-order valence-electron chi connectivity index (χ0n) is 9.18. The van der Waals surface area contributed by atoms with Crippen molar-refractivity contribution in [1.82, 2.24) is 9.44 Å². The van der Waals surface area contributed by atoms with Gasteiger partial charge in [0.25, 0.3) is 0 Å². The van der Waals surface area contributed by atoms with Crippen molar-refractivity contribution in [3.8, 4) is 0 Å². The standard InChI is InChI=1S/C10H11ClN2O4S/c11-7-3-1-2-6-4-5-8(9(6)7)12-18(16,17)13-10(14)15/h1-3,8,12-13H,4-5H2,(H,14,15). The van der Waals surface area contributed by atoms with Gasteiger partial charge in [-0.1, -0.05) is 23.7 Å². The molecule has 98 valence electrons. The van der Waals surface area contributed by atoms with Crippen LogP contribution in [0.2, 0.25) is 5.02 Å². The third-order valence-corrected chi connectivity index (χ3v) is 4.08. The Morgan fingerprint density at radius 3 is 2.83 bits per heavy atom. The van der Waals surface area contributed by atoms with Crippen molar-refractivity contribution in [1.29, 1.82) is 0 Å². The fourth-order valence-electron chi connectivity index (χ4n) is 2.08. The summed E-state index contributed by atoms with van der Waals surface area (Å²) in [6.07, 6.45) is -0.365. The number of halogens is 1. The van der Waals surface area contributed by atoms with E-state index in [4.69, 9.17) is 16.7 Å². The van der Waals surface area contributed by atoms with Crippen LogP contribution in [-0.2, 0) is 16.6 Å². The van der Waals surface area contributed by atoms with Gasteiger partial charge in [0, 0.05) is 5.02 Å². The average molecular weight is 291 g/mol. The normalized spacial score (nSPS) is 18.4. The molecule has 0 fully saturated rings. The monoisotopic (exact) mass is 290 g/mol. The van der Waals surface area contributed by atoms with Crippen LogP contribution in [0, 0.1) is 0 Å². The minimum Gasteiger partial charge on any atom is -0.464 e. The Bertz CT molecular complexity index is 588. The summed E-state index contributed by atoms with van der Waals surface area (Å²) in [5.74, 6) is 0. The van der Waals surface area contributed by atoms with Crippen LogP contribution in [0.25, 0.3) is 0 Å². The SMILES string of the molecule is O=C(O)NS(=O)(=O)NC1CCc2cccc(Cl)c21. The van der Waals surface area contributed by atoms with E-state index < -0.39 is 22.3 Å². The van der Waals surface area contributed by atoms with E-state index in [-0.39, 0.29) is 0 Å². The molecule has 0 spiro atoms. The van der Waals surface area contributed by atoms with Gasteiger partial charge in [0.15, 0.2) is 0 Å². The second kappa shape index (κ2) is 4.75. The third-order valence-electron chi connectivity index (χ3n) is 2.71. The van der Waals surface area contributed by atoms with Gasteiger partial charge >= 0.3 is 16.3 Å². The molecule has 1 aliphatic rings. The van der Waals surface area contributed by atoms with Crippen LogP contribution in [-0.4, -0.2) is 19.6 Å². The fraction of sp³-hybridized carbons (Fsp3) is 0.300. The molecule has 1 aliphatic carbocycles. The maximum atomic E-state index is 11.5. The summed E-state index contributed by atoms with van der Waals surface area (Å²) < 4.78 is 26.7. The van der Waals surface area contributed by atoms with Crippen LogP contribution in [0.5, 0.6) is 0 Å². The Kier molecular flexibility index (Phi) is 3.47. The third kappa shape index (κ3) is 2.74. The first kappa shape index (κ1) is 13.1. The first-order chi connectivity index (χ1) is 8.39. The molecule has 0 saturated carbocycles. The van der Waals surface area contributed by atoms with Crippen molar-refractivity contribution in [3.05, 3.63) is 34.3 Å². The van der Waals surface area contributed by atoms with Crippen LogP contribution in [0.15, 0.2) is 18.2 Å². The maximum absolute atomic E-state index is 11.5. The summed E-state index contributed by atoms with van der Waals surface area (Å²) in [6.45, 7) is 0. The summed E-state index contributed by atoms with van der Waals surface area (Å²) >= 11 is 6.03. The minimum absolute atomic E-state index is 0.480. The molecule has 6 nitrogen and oxygen atoms in total. The van der Waals surface area contributed by atoms with Gasteiger partial charge in [0.05, 0.1) is 6.04 Å². The molecule has 0 aliphatic heterocycles. The lowest BCUT2D eigenvalue weighted by atomic mass is 10.1. The van der Waals surface area contributed by atoms with Crippen molar-refractivity contribution in [3.63, 3.8) is 0 Å². The Morgan fingerprint density at radius 1 is 1.44 bits per heavy atom. The quantitative estimate of drug-likeness (QED) is 0.785. The van der Waals surface area contributed by atoms with Gasteiger partial charge < -0.3 is 5.11 Å². The molecule has 0 aromatic heterocycles. The molecule has 1 unspecified atom stereocenters. The highest BCUT2D eigenvalue weighted by atomic mass is 35.5. The number of carboxylic acid groups (broad SMARTS) is 1. The molecule has 0 radical (unpaired) electrons. The van der Waals surface area contributed by atoms with Gasteiger partial charge in [-0.25, -0.2) is 9.52 Å². The predicted molar refractivity (Wildman–Crippen MR) is 65.7 cm³/mol. The van der Waals surface area contributed by atoms with Crippen molar-refractivity contribution in [2.24, 2.45) is 0 Å². The molecule has 1 aromatic carbocycles. The number of amides is 1. The van der Waals surface area contributed by atoms with Gasteiger partial charge in [-0.3, -0.25) is 0 Å². The Hall–Kier alpha value is -1.31. The van der Waals surface area contributed by atoms with Crippen molar-refractivity contribution < 1.29 is 18.3 Å². The lowest BCUT2D eigenvalue weighted by Gasteiger charge is -2.14. The number of rotatable bonds is 3. The molecule has 0 bridgehead atoms. The summed E-state index contributed by atoms with van der Waals surface area (Å²) in [4.78, 5) is 10.3. The molecule has 1 amide bonds. The lowest BCUT2D eigenvalue weighted by molar-refractivity contribution is 0.201. The number of hydrogen-bond donors (Lipinski definition) is 3. The number of fused-ring (bicyclic) bond motifs is 1. The van der Waals surface area contributed by atoms with Crippen molar-refractivity contribution in [2.45, 2.75) is 18.9 Å². The van der Waals surface area contributed by atoms with Crippen LogP contribution in [0.3, 0.4) is 0 Å². The Morgan fingerprint density at radius 2 is 2.17 bits per heavy atom. The van der Waals surface area contributed by atoms with E-state index in [1.807, 2.05) is 6.07 Å². The summed E-state index contributed by atoms with van der Waals surface area (Å²) in [7, 11) is -4.08. The molecule has 3 N–H and O–H groups in total. The first-order valence-corrected chi connectivity index (χ1v) is 7.05. The molecule has 1 atom stereocenters. The van der Waals surface area contributed by atoms with Crippen LogP contribution in [0.1, 0.15) is 23.6 Å². The predicted octanol–water partition coefficient (Wildman–Crippen LogP) is 1.43. The lowest BCUT2D eigenvalue weighted by Crippen LogP contribution is -2.40. The molecular weight excluding hydrogens is 280 g/mol. The first-order valence-electron chi connectivity index (χ1n) is 5.19. The molecular formula is C10H11ClN2O4S. The van der Waals surface area contributed by atoms with Crippen molar-refractivity contribution >= 4 is 27.9 Å². The van der Waals surface area contributed by atoms with E-state index in [2.05, 4.69) is 4.72 Å². The van der Waals surface area contributed by atoms with E-state index in [1.165, 1.54) is 4.72 Å². The topological polar surface area (TPSA) is 95.5 Å². The zero-order valence-corrected chi connectivity index (χ0v) is 10.8. The number of benzene rings is 1. The molecule has 2 rings (SSSR count). The second-order valence-electron chi connectivity index (χ2n) is 3.93. The van der Waals surface area contributed by atoms with Gasteiger partial charge in [-0.15, -0.1) is 0 Å². The van der Waals surface area contributed by atoms with Gasteiger partial charge in [-0.2, -0.15) is 13.1 Å². The second-order valence-corrected chi connectivity index (χ2v) is 5.79. The average Bonchev–Trinajstić information content (AvgIpc) is 2.60. The van der Waals surface area contributed by atoms with E-state index in [0.29, 0.717) is 17.9 Å². The number of aryl methyl sites for hydroxylation is 1. The minimum atomic E-state index is -4.08. The summed E-state index contributed by atoms with van der Waals surface area (Å²) in [6, 6.07) is 4.86. The largest absolute Gasteiger partial charge is 0.464 e. The van der Waals surface area contributed by atoms with Gasteiger partial charge in [0.1, 0.15) is 0 Å². The molecule has 8 heteroatoms. The highest BCUT2D eigenvalue weighted by Crippen LogP contribution is 2.36. The highest BCUT2D eigenvalue weighted by molar-refractivity contribution is 7.88. The summed E-state index contributed by atoms with van der Waals surface area (Å²) in [5.41, 5.74) is 1.69. The number of carbonyl (C=O) groups is 1. The fourth-order valence-corrected chi connectivity index (χ4v) is 3.31. The molecule has 1 aromatic rings. The van der Waals surface area contributed by atoms with Gasteiger partial charge in [-0.05, 0) is 30.0 Å². The Labute approximate surface area is 109 Å².